The fraction of sp³-hybridized carbons (Fsp3) is 0.750. The van der Waals surface area contributed by atoms with E-state index in [1.807, 2.05) is 0 Å². The van der Waals surface area contributed by atoms with E-state index in [0.29, 0.717) is 6.04 Å². The zero-order chi connectivity index (χ0) is 4.85. The van der Waals surface area contributed by atoms with Crippen LogP contribution in [0, 0.1) is 0 Å². The number of rotatable bonds is 0. The normalized spacial score (nSPS) is 44.3. The predicted octanol–water partition coefficient (Wildman–Crippen LogP) is -0.133. The van der Waals surface area contributed by atoms with Crippen molar-refractivity contribution in [2.45, 2.75) is 18.6 Å². The van der Waals surface area contributed by atoms with Crippen LogP contribution in [0.1, 0.15) is 6.42 Å². The molecule has 0 aromatic carbocycles. The molecule has 3 heteroatoms. The molecule has 3 nitrogen and oxygen atoms in total. The van der Waals surface area contributed by atoms with Crippen LogP contribution in [0.25, 0.3) is 0 Å². The number of alkyl carbamates (subject to hydrolysis) is 1. The highest BCUT2D eigenvalue weighted by Gasteiger charge is 2.47. The fourth-order valence-electron chi connectivity index (χ4n) is 0.777. The van der Waals surface area contributed by atoms with Gasteiger partial charge in [0.2, 0.25) is 0 Å². The van der Waals surface area contributed by atoms with Gasteiger partial charge in [0.1, 0.15) is 6.10 Å². The van der Waals surface area contributed by atoms with E-state index < -0.39 is 0 Å². The van der Waals surface area contributed by atoms with Gasteiger partial charge < -0.3 is 10.1 Å². The van der Waals surface area contributed by atoms with Gasteiger partial charge in [-0.15, -0.1) is 0 Å². The predicted molar refractivity (Wildman–Crippen MR) is 21.8 cm³/mol. The molecule has 1 N–H and O–H groups in total. The number of fused-ring (bicyclic) bond motifs is 1. The van der Waals surface area contributed by atoms with Gasteiger partial charge in [0, 0.05) is 6.42 Å². The smallest absolute Gasteiger partial charge is 0.407 e. The van der Waals surface area contributed by atoms with Crippen LogP contribution in [0.5, 0.6) is 0 Å². The first-order chi connectivity index (χ1) is 3.36. The molecule has 1 saturated carbocycles. The van der Waals surface area contributed by atoms with E-state index in [-0.39, 0.29) is 12.2 Å². The van der Waals surface area contributed by atoms with Crippen LogP contribution in [0.4, 0.5) is 4.79 Å². The molecule has 38 valence electrons. The monoisotopic (exact) mass is 99.0 g/mol. The third-order valence-corrected chi connectivity index (χ3v) is 1.29. The number of carbonyl (C=O) groups excluding carboxylic acids is 1. The summed E-state index contributed by atoms with van der Waals surface area (Å²) in [6.07, 6.45) is 1.000. The summed E-state index contributed by atoms with van der Waals surface area (Å²) in [6, 6.07) is 0.368. The molecular weight excluding hydrogens is 94.0 g/mol. The first kappa shape index (κ1) is 3.29. The molecule has 2 rings (SSSR count). The van der Waals surface area contributed by atoms with Crippen LogP contribution in [0.2, 0.25) is 0 Å². The van der Waals surface area contributed by atoms with Gasteiger partial charge in [-0.2, -0.15) is 0 Å². The van der Waals surface area contributed by atoms with E-state index in [4.69, 9.17) is 0 Å². The molecule has 1 aliphatic carbocycles. The third kappa shape index (κ3) is 0.320. The highest BCUT2D eigenvalue weighted by atomic mass is 16.6. The van der Waals surface area contributed by atoms with Gasteiger partial charge in [-0.1, -0.05) is 0 Å². The Morgan fingerprint density at radius 2 is 2.71 bits per heavy atom. The van der Waals surface area contributed by atoms with Crippen LogP contribution in [0.3, 0.4) is 0 Å². The summed E-state index contributed by atoms with van der Waals surface area (Å²) in [5.74, 6) is 0. The van der Waals surface area contributed by atoms with E-state index in [2.05, 4.69) is 10.1 Å². The summed E-state index contributed by atoms with van der Waals surface area (Å²) in [7, 11) is 0. The lowest BCUT2D eigenvalue weighted by molar-refractivity contribution is 0.160. The van der Waals surface area contributed by atoms with E-state index in [9.17, 15) is 4.79 Å². The lowest BCUT2D eigenvalue weighted by atomic mass is 10.7. The lowest BCUT2D eigenvalue weighted by Gasteiger charge is -1.90. The summed E-state index contributed by atoms with van der Waals surface area (Å²) in [6.45, 7) is 0. The summed E-state index contributed by atoms with van der Waals surface area (Å²) in [4.78, 5) is 10.2. The van der Waals surface area contributed by atoms with Crippen molar-refractivity contribution in [2.24, 2.45) is 0 Å². The van der Waals surface area contributed by atoms with Crippen molar-refractivity contribution in [2.75, 3.05) is 0 Å². The van der Waals surface area contributed by atoms with Gasteiger partial charge in [-0.05, 0) is 0 Å². The summed E-state index contributed by atoms with van der Waals surface area (Å²) in [5.41, 5.74) is 0. The number of ether oxygens (including phenoxy) is 1. The van der Waals surface area contributed by atoms with Crippen LogP contribution >= 0.6 is 0 Å². The maximum Gasteiger partial charge on any atom is 0.407 e. The van der Waals surface area contributed by atoms with Crippen LogP contribution in [0.15, 0.2) is 0 Å². The summed E-state index contributed by atoms with van der Waals surface area (Å²) >= 11 is 0. The van der Waals surface area contributed by atoms with Crippen molar-refractivity contribution >= 4 is 6.09 Å². The minimum atomic E-state index is -0.249. The summed E-state index contributed by atoms with van der Waals surface area (Å²) in [5, 5.41) is 2.63. The standard InChI is InChI=1S/C4H5NO2/c6-4-5-2-1-3(2)7-4/h2-3H,1H2,(H,5,6). The highest BCUT2D eigenvalue weighted by molar-refractivity contribution is 5.71. The Hall–Kier alpha value is -0.730. The van der Waals surface area contributed by atoms with E-state index in [1.165, 1.54) is 0 Å². The number of nitrogens with one attached hydrogen (secondary N) is 1. The largest absolute Gasteiger partial charge is 0.444 e. The van der Waals surface area contributed by atoms with Gasteiger partial charge in [0.15, 0.2) is 0 Å². The molecule has 7 heavy (non-hydrogen) atoms. The molecule has 0 aromatic rings. The van der Waals surface area contributed by atoms with Crippen molar-refractivity contribution in [1.82, 2.24) is 5.32 Å². The molecule has 1 heterocycles. The topological polar surface area (TPSA) is 38.3 Å². The number of hydrogen-bond acceptors (Lipinski definition) is 2. The molecule has 0 bridgehead atoms. The number of carbonyl (C=O) groups is 1. The van der Waals surface area contributed by atoms with Gasteiger partial charge in [0.25, 0.3) is 0 Å². The second kappa shape index (κ2) is 0.757. The minimum absolute atomic E-state index is 0.229. The van der Waals surface area contributed by atoms with Crippen molar-refractivity contribution in [3.63, 3.8) is 0 Å². The molecule has 2 atom stereocenters. The number of hydrogen-bond donors (Lipinski definition) is 1. The first-order valence-electron chi connectivity index (χ1n) is 2.33. The maximum atomic E-state index is 10.2. The molecule has 1 saturated heterocycles. The van der Waals surface area contributed by atoms with E-state index >= 15 is 0 Å². The molecule has 2 fully saturated rings. The molecule has 1 amide bonds. The maximum absolute atomic E-state index is 10.2. The molecule has 2 unspecified atom stereocenters. The van der Waals surface area contributed by atoms with Crippen LogP contribution < -0.4 is 5.32 Å². The van der Waals surface area contributed by atoms with Crippen molar-refractivity contribution < 1.29 is 9.53 Å². The van der Waals surface area contributed by atoms with Gasteiger partial charge in [-0.3, -0.25) is 0 Å². The Morgan fingerprint density at radius 3 is 3.00 bits per heavy atom. The van der Waals surface area contributed by atoms with Gasteiger partial charge >= 0.3 is 6.09 Å². The van der Waals surface area contributed by atoms with Crippen LogP contribution in [-0.4, -0.2) is 18.2 Å². The van der Waals surface area contributed by atoms with Crippen molar-refractivity contribution in [1.29, 1.82) is 0 Å². The number of amides is 1. The third-order valence-electron chi connectivity index (χ3n) is 1.29. The van der Waals surface area contributed by atoms with Crippen LogP contribution in [-0.2, 0) is 4.74 Å². The average Bonchev–Trinajstić information content (AvgIpc) is 2.15. The zero-order valence-corrected chi connectivity index (χ0v) is 3.68. The average molecular weight is 99.1 g/mol. The second-order valence-electron chi connectivity index (χ2n) is 1.93. The molecule has 0 radical (unpaired) electrons. The Morgan fingerprint density at radius 1 is 1.86 bits per heavy atom. The van der Waals surface area contributed by atoms with Gasteiger partial charge in [0.05, 0.1) is 6.04 Å². The Kier molecular flexibility index (Phi) is 0.356. The lowest BCUT2D eigenvalue weighted by Crippen LogP contribution is -2.17. The Bertz CT molecular complexity index is 111. The quantitative estimate of drug-likeness (QED) is 0.459. The highest BCUT2D eigenvalue weighted by Crippen LogP contribution is 2.29. The van der Waals surface area contributed by atoms with Crippen molar-refractivity contribution in [3.05, 3.63) is 0 Å². The SMILES string of the molecule is O=C1NC2CC2O1. The van der Waals surface area contributed by atoms with Crippen molar-refractivity contribution in [3.8, 4) is 0 Å². The fourth-order valence-corrected chi connectivity index (χ4v) is 0.777. The molecular formula is C4H5NO2. The van der Waals surface area contributed by atoms with E-state index in [0.717, 1.165) is 6.42 Å². The second-order valence-corrected chi connectivity index (χ2v) is 1.93. The molecule has 0 spiro atoms. The molecule has 0 aromatic heterocycles. The van der Waals surface area contributed by atoms with E-state index in [1.54, 1.807) is 0 Å². The minimum Gasteiger partial charge on any atom is -0.444 e. The Labute approximate surface area is 40.6 Å². The summed E-state index contributed by atoms with van der Waals surface area (Å²) < 4.78 is 4.69. The Balaban J connectivity index is 2.14. The molecule has 2 aliphatic rings. The zero-order valence-electron chi connectivity index (χ0n) is 3.68. The molecule has 1 aliphatic heterocycles. The first-order valence-corrected chi connectivity index (χ1v) is 2.33. The van der Waals surface area contributed by atoms with Gasteiger partial charge in [-0.25, -0.2) is 4.79 Å².